The van der Waals surface area contributed by atoms with Gasteiger partial charge in [0.05, 0.1) is 0 Å². The van der Waals surface area contributed by atoms with Crippen LogP contribution in [0.2, 0.25) is 0 Å². The van der Waals surface area contributed by atoms with Gasteiger partial charge in [-0.15, -0.1) is 43.7 Å². The van der Waals surface area contributed by atoms with Gasteiger partial charge in [-0.05, 0) is 82.7 Å². The van der Waals surface area contributed by atoms with E-state index in [1.807, 2.05) is 0 Å². The van der Waals surface area contributed by atoms with E-state index in [1.165, 1.54) is 163 Å². The molecule has 1 nitrogen and oxygen atoms in total. The molecule has 0 saturated carbocycles. The van der Waals surface area contributed by atoms with Crippen LogP contribution in [0, 0.1) is 0 Å². The number of fused-ring (bicyclic) bond motifs is 9. The van der Waals surface area contributed by atoms with Gasteiger partial charge in [-0.3, -0.25) is 0 Å². The lowest BCUT2D eigenvalue weighted by Gasteiger charge is -2.31. The smallest absolute Gasteiger partial charge is 0.143 e. The standard InChI is InChI=1S/C44H43B17O/c45-27-20(23-24(33(51)41(59)40(58)32(23)50)25-26(27)35(53)43(61)42(60)34(25)52)17-21-18(28(46)36(54)38(56)30(21)48)16(19-22(17)31(49)39(57)37(55)29(19)47)13-7-3-6-12-14-8-10-4-1-2-5-11(10)9-15(14)62-44(12)13/h1-9H,45-61H2. The van der Waals surface area contributed by atoms with E-state index in [9.17, 15) is 0 Å². The van der Waals surface area contributed by atoms with Crippen LogP contribution in [0.4, 0.5) is 0 Å². The molecule has 0 fully saturated rings. The first-order valence-electron chi connectivity index (χ1n) is 22.6. The van der Waals surface area contributed by atoms with Crippen molar-refractivity contribution in [2.24, 2.45) is 0 Å². The number of rotatable bonds is 2. The first kappa shape index (κ1) is 41.2. The number of hydrogen-bond donors (Lipinski definition) is 0. The highest BCUT2D eigenvalue weighted by atomic mass is 16.3. The van der Waals surface area contributed by atoms with Crippen LogP contribution in [0.15, 0.2) is 59.0 Å². The Bertz CT molecular complexity index is 3700. The summed E-state index contributed by atoms with van der Waals surface area (Å²) in [6.45, 7) is 0. The van der Waals surface area contributed by atoms with E-state index in [0.717, 1.165) is 27.5 Å². The molecule has 0 atom stereocenters. The summed E-state index contributed by atoms with van der Waals surface area (Å²) in [4.78, 5) is 0. The van der Waals surface area contributed by atoms with Crippen molar-refractivity contribution in [1.29, 1.82) is 0 Å². The Morgan fingerprint density at radius 1 is 0.274 bits per heavy atom. The molecule has 10 rings (SSSR count). The van der Waals surface area contributed by atoms with Crippen molar-refractivity contribution in [3.8, 4) is 22.3 Å². The average Bonchev–Trinajstić information content (AvgIpc) is 3.63. The minimum absolute atomic E-state index is 0.933. The minimum atomic E-state index is 0.933. The summed E-state index contributed by atoms with van der Waals surface area (Å²) in [5.74, 6) is 0. The Morgan fingerprint density at radius 2 is 0.645 bits per heavy atom. The normalized spacial score (nSPS) is 12.0. The van der Waals surface area contributed by atoms with Gasteiger partial charge in [-0.2, -0.15) is 0 Å². The highest BCUT2D eigenvalue weighted by Gasteiger charge is 2.30. The fourth-order valence-electron chi connectivity index (χ4n) is 12.0. The third-order valence-electron chi connectivity index (χ3n) is 16.9. The first-order chi connectivity index (χ1) is 29.4. The Kier molecular flexibility index (Phi) is 9.37. The molecule has 1 heterocycles. The second-order valence-electron chi connectivity index (χ2n) is 19.2. The van der Waals surface area contributed by atoms with Gasteiger partial charge in [0.2, 0.25) is 0 Å². The average molecular weight is 772 g/mol. The van der Waals surface area contributed by atoms with Gasteiger partial charge in [-0.1, -0.05) is 91.6 Å². The number of para-hydroxylation sites is 1. The number of furan rings is 1. The second kappa shape index (κ2) is 14.1. The topological polar surface area (TPSA) is 13.1 Å². The molecule has 0 aliphatic carbocycles. The fraction of sp³-hybridized carbons (Fsp3) is 0. The van der Waals surface area contributed by atoms with Crippen LogP contribution in [0.5, 0.6) is 0 Å². The van der Waals surface area contributed by atoms with E-state index in [1.54, 1.807) is 0 Å². The van der Waals surface area contributed by atoms with Crippen molar-refractivity contribution in [2.75, 3.05) is 0 Å². The Balaban J connectivity index is 1.56. The molecule has 18 heteroatoms. The third kappa shape index (κ3) is 5.22. The van der Waals surface area contributed by atoms with Crippen LogP contribution in [0.1, 0.15) is 0 Å². The van der Waals surface area contributed by atoms with E-state index in [0.29, 0.717) is 0 Å². The van der Waals surface area contributed by atoms with Crippen LogP contribution in [-0.4, -0.2) is 133 Å². The monoisotopic (exact) mass is 774 g/mol. The molecular formula is C44H43B17O. The van der Waals surface area contributed by atoms with Crippen LogP contribution in [-0.2, 0) is 0 Å². The fourth-order valence-corrected chi connectivity index (χ4v) is 12.0. The number of benzene rings is 9. The van der Waals surface area contributed by atoms with Gasteiger partial charge >= 0.3 is 0 Å². The summed E-state index contributed by atoms with van der Waals surface area (Å²) >= 11 is 0. The van der Waals surface area contributed by atoms with Gasteiger partial charge in [-0.25, -0.2) is 0 Å². The van der Waals surface area contributed by atoms with Gasteiger partial charge in [0.15, 0.2) is 0 Å². The third-order valence-corrected chi connectivity index (χ3v) is 16.9. The van der Waals surface area contributed by atoms with Crippen molar-refractivity contribution in [3.05, 3.63) is 54.6 Å². The molecule has 0 spiro atoms. The molecule has 0 N–H and O–H groups in total. The van der Waals surface area contributed by atoms with E-state index >= 15 is 0 Å². The molecule has 0 aliphatic rings. The lowest BCUT2D eigenvalue weighted by molar-refractivity contribution is 0.670. The largest absolute Gasteiger partial charge is 0.455 e. The summed E-state index contributed by atoms with van der Waals surface area (Å²) in [7, 11) is 40.2. The zero-order valence-electron chi connectivity index (χ0n) is 40.1. The summed E-state index contributed by atoms with van der Waals surface area (Å²) in [5, 5.41) is 15.9. The number of hydrogen-bond acceptors (Lipinski definition) is 1. The maximum atomic E-state index is 7.13. The SMILES string of the molecule is Bc1c(B)c(B)c2c(-c3c(B)c4c(B)c(B)c(B)c(B)c4c4c(B)c(B)c(B)c(B)c34)c3c(B)c(B)c(B)c(B)c3c(-c3cccc4c3oc3cc5ccccc5cc34)c2c1B. The van der Waals surface area contributed by atoms with Crippen LogP contribution in [0.25, 0.3) is 98.1 Å². The maximum Gasteiger partial charge on any atom is 0.143 e. The lowest BCUT2D eigenvalue weighted by Crippen LogP contribution is -2.52. The molecule has 0 unspecified atom stereocenters. The van der Waals surface area contributed by atoms with Crippen molar-refractivity contribution in [1.82, 2.24) is 0 Å². The van der Waals surface area contributed by atoms with Crippen molar-refractivity contribution >= 4 is 302 Å². The van der Waals surface area contributed by atoms with Crippen molar-refractivity contribution in [3.63, 3.8) is 0 Å². The molecule has 62 heavy (non-hydrogen) atoms. The van der Waals surface area contributed by atoms with Gasteiger partial charge in [0.25, 0.3) is 0 Å². The van der Waals surface area contributed by atoms with Crippen LogP contribution < -0.4 is 92.9 Å². The predicted molar refractivity (Wildman–Crippen MR) is 331 cm³/mol. The van der Waals surface area contributed by atoms with Gasteiger partial charge in [0, 0.05) is 16.3 Å². The quantitative estimate of drug-likeness (QED) is 0.0969. The predicted octanol–water partition coefficient (Wildman–Crippen LogP) is -16.9. The molecule has 0 saturated heterocycles. The van der Waals surface area contributed by atoms with Crippen LogP contribution in [0.3, 0.4) is 0 Å². The van der Waals surface area contributed by atoms with Crippen LogP contribution >= 0.6 is 0 Å². The molecule has 9 aromatic carbocycles. The van der Waals surface area contributed by atoms with Gasteiger partial charge in [0.1, 0.15) is 145 Å². The molecule has 0 bridgehead atoms. The molecule has 10 aromatic rings. The first-order valence-corrected chi connectivity index (χ1v) is 22.6. The molecule has 0 radical (unpaired) electrons. The van der Waals surface area contributed by atoms with Crippen molar-refractivity contribution in [2.45, 2.75) is 0 Å². The van der Waals surface area contributed by atoms with Crippen molar-refractivity contribution < 1.29 is 4.42 Å². The second-order valence-corrected chi connectivity index (χ2v) is 19.2. The zero-order valence-corrected chi connectivity index (χ0v) is 40.1. The van der Waals surface area contributed by atoms with Gasteiger partial charge < -0.3 is 4.42 Å². The molecule has 0 aliphatic heterocycles. The summed E-state index contributed by atoms with van der Waals surface area (Å²) in [5.41, 5.74) is 30.6. The highest BCUT2D eigenvalue weighted by molar-refractivity contribution is 6.76. The van der Waals surface area contributed by atoms with E-state index in [4.69, 9.17) is 4.42 Å². The molecule has 1 aromatic heterocycles. The molecular weight excluding hydrogens is 728 g/mol. The summed E-state index contributed by atoms with van der Waals surface area (Å²) in [6, 6.07) is 20.0. The maximum absolute atomic E-state index is 7.13. The van der Waals surface area contributed by atoms with E-state index in [-0.39, 0.29) is 0 Å². The Morgan fingerprint density at radius 3 is 1.11 bits per heavy atom. The summed E-state index contributed by atoms with van der Waals surface area (Å²) < 4.78 is 7.13. The highest BCUT2D eigenvalue weighted by Crippen LogP contribution is 2.45. The summed E-state index contributed by atoms with van der Waals surface area (Å²) in [6.07, 6.45) is 0. The Hall–Kier alpha value is -4.82. The minimum Gasteiger partial charge on any atom is -0.455 e. The molecule has 0 amide bonds. The van der Waals surface area contributed by atoms with E-state index < -0.39 is 0 Å². The Labute approximate surface area is 381 Å². The van der Waals surface area contributed by atoms with E-state index in [2.05, 4.69) is 188 Å². The zero-order chi connectivity index (χ0) is 44.3. The lowest BCUT2D eigenvalue weighted by atomic mass is 9.56. The molecule has 276 valence electrons.